The van der Waals surface area contributed by atoms with E-state index < -0.39 is 0 Å². The summed E-state index contributed by atoms with van der Waals surface area (Å²) in [4.78, 5) is 11.5. The molecule has 0 aromatic heterocycles. The molecule has 0 radical (unpaired) electrons. The van der Waals surface area contributed by atoms with E-state index in [1.54, 1.807) is 12.1 Å². The van der Waals surface area contributed by atoms with Crippen LogP contribution in [0.1, 0.15) is 37.0 Å². The lowest BCUT2D eigenvalue weighted by Gasteiger charge is -1.98. The van der Waals surface area contributed by atoms with E-state index in [9.17, 15) is 4.79 Å². The molecular weight excluding hydrogens is 174 g/mol. The Kier molecular flexibility index (Phi) is 3.69. The molecule has 1 saturated carbocycles. The van der Waals surface area contributed by atoms with Crippen LogP contribution in [0.5, 0.6) is 0 Å². The summed E-state index contributed by atoms with van der Waals surface area (Å²) >= 11 is 0. The van der Waals surface area contributed by atoms with E-state index in [1.165, 1.54) is 0 Å². The van der Waals surface area contributed by atoms with Gasteiger partial charge in [-0.15, -0.1) is 0 Å². The minimum atomic E-state index is 0.252. The van der Waals surface area contributed by atoms with Crippen LogP contribution in [-0.4, -0.2) is 5.78 Å². The molecule has 2 rings (SSSR count). The summed E-state index contributed by atoms with van der Waals surface area (Å²) in [5.74, 6) is 0.536. The van der Waals surface area contributed by atoms with Crippen molar-refractivity contribution in [3.8, 4) is 0 Å². The molecule has 2 heteroatoms. The van der Waals surface area contributed by atoms with Gasteiger partial charge in [0.1, 0.15) is 0 Å². The van der Waals surface area contributed by atoms with Crippen LogP contribution >= 0.6 is 0 Å². The third kappa shape index (κ3) is 2.59. The number of carbonyl (C=O) groups is 1. The van der Waals surface area contributed by atoms with Gasteiger partial charge in [0.15, 0.2) is 5.78 Å². The molecule has 2 N–H and O–H groups in total. The number of benzene rings is 1. The molecule has 0 amide bonds. The van der Waals surface area contributed by atoms with Gasteiger partial charge in [0.25, 0.3) is 0 Å². The Labute approximate surface area is 85.1 Å². The van der Waals surface area contributed by atoms with Crippen molar-refractivity contribution >= 4 is 11.5 Å². The van der Waals surface area contributed by atoms with Crippen molar-refractivity contribution in [1.29, 1.82) is 0 Å². The Bertz CT molecular complexity index is 316. The number of nitrogen functional groups attached to an aromatic ring is 1. The zero-order valence-corrected chi connectivity index (χ0v) is 8.79. The van der Waals surface area contributed by atoms with Crippen LogP contribution in [0.4, 0.5) is 5.69 Å². The van der Waals surface area contributed by atoms with Gasteiger partial charge in [0, 0.05) is 17.2 Å². The molecule has 0 saturated heterocycles. The van der Waals surface area contributed by atoms with Crippen LogP contribution in [0.15, 0.2) is 24.3 Å². The fraction of sp³-hybridized carbons (Fsp3) is 0.417. The highest BCUT2D eigenvalue weighted by molar-refractivity contribution is 5.99. The summed E-state index contributed by atoms with van der Waals surface area (Å²) in [6.07, 6.45) is 2.10. The highest BCUT2D eigenvalue weighted by Crippen LogP contribution is 2.32. The van der Waals surface area contributed by atoms with Crippen molar-refractivity contribution in [3.05, 3.63) is 29.8 Å². The summed E-state index contributed by atoms with van der Waals surface area (Å²) < 4.78 is 0. The first kappa shape index (κ1) is 10.8. The second-order valence-corrected chi connectivity index (χ2v) is 3.26. The molecule has 14 heavy (non-hydrogen) atoms. The van der Waals surface area contributed by atoms with Crippen LogP contribution < -0.4 is 5.73 Å². The number of anilines is 1. The van der Waals surface area contributed by atoms with E-state index in [0.717, 1.165) is 18.4 Å². The topological polar surface area (TPSA) is 43.1 Å². The van der Waals surface area contributed by atoms with E-state index in [1.807, 2.05) is 26.0 Å². The lowest BCUT2D eigenvalue weighted by atomic mass is 10.1. The highest BCUT2D eigenvalue weighted by atomic mass is 16.1. The van der Waals surface area contributed by atoms with Crippen LogP contribution in [-0.2, 0) is 0 Å². The number of ketones is 1. The summed E-state index contributed by atoms with van der Waals surface area (Å²) in [6.45, 7) is 4.00. The summed E-state index contributed by atoms with van der Waals surface area (Å²) in [7, 11) is 0. The molecule has 1 aromatic carbocycles. The number of hydrogen-bond donors (Lipinski definition) is 1. The Morgan fingerprint density at radius 2 is 2.00 bits per heavy atom. The minimum absolute atomic E-state index is 0.252. The molecule has 1 aliphatic rings. The van der Waals surface area contributed by atoms with Crippen LogP contribution in [0.3, 0.4) is 0 Å². The van der Waals surface area contributed by atoms with E-state index in [0.29, 0.717) is 5.69 Å². The second kappa shape index (κ2) is 4.80. The lowest BCUT2D eigenvalue weighted by Crippen LogP contribution is -2.01. The number of Topliss-reactive ketones (excluding diaryl/α,β-unsaturated/α-hetero) is 1. The lowest BCUT2D eigenvalue weighted by molar-refractivity contribution is 0.0967. The smallest absolute Gasteiger partial charge is 0.166 e. The zero-order valence-electron chi connectivity index (χ0n) is 8.79. The standard InChI is InChI=1S/C10H11NO.C2H6/c11-9-3-1-2-8(6-9)10(12)7-4-5-7;1-2/h1-3,6-7H,4-5,11H2;1-2H3. The molecule has 0 atom stereocenters. The molecule has 2 nitrogen and oxygen atoms in total. The first-order chi connectivity index (χ1) is 6.77. The number of rotatable bonds is 2. The molecule has 0 bridgehead atoms. The normalized spacial score (nSPS) is 14.1. The maximum absolute atomic E-state index is 11.5. The molecule has 1 aliphatic carbocycles. The minimum Gasteiger partial charge on any atom is -0.399 e. The van der Waals surface area contributed by atoms with Gasteiger partial charge < -0.3 is 5.73 Å². The Morgan fingerprint density at radius 1 is 1.36 bits per heavy atom. The molecule has 0 unspecified atom stereocenters. The first-order valence-electron chi connectivity index (χ1n) is 5.17. The van der Waals surface area contributed by atoms with Gasteiger partial charge in [0.05, 0.1) is 0 Å². The predicted octanol–water partition coefficient (Wildman–Crippen LogP) is 2.89. The van der Waals surface area contributed by atoms with Gasteiger partial charge >= 0.3 is 0 Å². The van der Waals surface area contributed by atoms with Gasteiger partial charge in [0.2, 0.25) is 0 Å². The van der Waals surface area contributed by atoms with E-state index >= 15 is 0 Å². The number of nitrogens with two attached hydrogens (primary N) is 1. The SMILES string of the molecule is CC.Nc1cccc(C(=O)C2CC2)c1. The molecule has 76 valence electrons. The van der Waals surface area contributed by atoms with Gasteiger partial charge in [-0.25, -0.2) is 0 Å². The summed E-state index contributed by atoms with van der Waals surface area (Å²) in [5, 5.41) is 0. The van der Waals surface area contributed by atoms with E-state index in [4.69, 9.17) is 5.73 Å². The number of hydrogen-bond acceptors (Lipinski definition) is 2. The Hall–Kier alpha value is -1.31. The summed E-state index contributed by atoms with van der Waals surface area (Å²) in [6, 6.07) is 7.20. The number of carbonyl (C=O) groups excluding carboxylic acids is 1. The van der Waals surface area contributed by atoms with Gasteiger partial charge in [-0.2, -0.15) is 0 Å². The molecular formula is C12H17NO. The molecule has 1 fully saturated rings. The monoisotopic (exact) mass is 191 g/mol. The Balaban J connectivity index is 0.000000461. The van der Waals surface area contributed by atoms with E-state index in [-0.39, 0.29) is 11.7 Å². The largest absolute Gasteiger partial charge is 0.399 e. The van der Waals surface area contributed by atoms with Crippen LogP contribution in [0.2, 0.25) is 0 Å². The third-order valence-corrected chi connectivity index (χ3v) is 2.12. The fourth-order valence-electron chi connectivity index (χ4n) is 1.27. The quantitative estimate of drug-likeness (QED) is 0.577. The van der Waals surface area contributed by atoms with Crippen molar-refractivity contribution in [2.45, 2.75) is 26.7 Å². The molecule has 1 aromatic rings. The van der Waals surface area contributed by atoms with Crippen molar-refractivity contribution in [2.24, 2.45) is 5.92 Å². The van der Waals surface area contributed by atoms with E-state index in [2.05, 4.69) is 0 Å². The first-order valence-corrected chi connectivity index (χ1v) is 5.17. The third-order valence-electron chi connectivity index (χ3n) is 2.12. The molecule has 0 heterocycles. The molecule has 0 spiro atoms. The summed E-state index contributed by atoms with van der Waals surface area (Å²) in [5.41, 5.74) is 6.99. The van der Waals surface area contributed by atoms with Crippen molar-refractivity contribution in [3.63, 3.8) is 0 Å². The highest BCUT2D eigenvalue weighted by Gasteiger charge is 2.30. The average Bonchev–Trinajstić information content (AvgIpc) is 3.03. The van der Waals surface area contributed by atoms with Gasteiger partial charge in [-0.3, -0.25) is 4.79 Å². The van der Waals surface area contributed by atoms with Crippen molar-refractivity contribution < 1.29 is 4.79 Å². The van der Waals surface area contributed by atoms with Crippen LogP contribution in [0, 0.1) is 5.92 Å². The maximum Gasteiger partial charge on any atom is 0.166 e. The van der Waals surface area contributed by atoms with Crippen LogP contribution in [0.25, 0.3) is 0 Å². The zero-order chi connectivity index (χ0) is 10.6. The van der Waals surface area contributed by atoms with Gasteiger partial charge in [-0.05, 0) is 25.0 Å². The maximum atomic E-state index is 11.5. The fourth-order valence-corrected chi connectivity index (χ4v) is 1.27. The Morgan fingerprint density at radius 3 is 2.50 bits per heavy atom. The van der Waals surface area contributed by atoms with Gasteiger partial charge in [-0.1, -0.05) is 26.0 Å². The molecule has 0 aliphatic heterocycles. The van der Waals surface area contributed by atoms with Crippen molar-refractivity contribution in [2.75, 3.05) is 5.73 Å². The average molecular weight is 191 g/mol. The second-order valence-electron chi connectivity index (χ2n) is 3.26. The predicted molar refractivity (Wildman–Crippen MR) is 59.3 cm³/mol. The van der Waals surface area contributed by atoms with Crippen molar-refractivity contribution in [1.82, 2.24) is 0 Å².